The zero-order valence-electron chi connectivity index (χ0n) is 18.8. The highest BCUT2D eigenvalue weighted by molar-refractivity contribution is 7.18. The molecule has 4 heterocycles. The SMILES string of the molecule is CCOC1OC1CCn1ccc2c(-c3cnc(-c4ccc(OC(C)C)c(Cl)c4)s3)ccnc21. The molecule has 2 atom stereocenters. The number of aromatic nitrogens is 3. The maximum atomic E-state index is 6.43. The summed E-state index contributed by atoms with van der Waals surface area (Å²) >= 11 is 8.08. The van der Waals surface area contributed by atoms with Crippen LogP contribution < -0.4 is 4.74 Å². The first-order chi connectivity index (χ1) is 16.0. The Balaban J connectivity index is 1.36. The van der Waals surface area contributed by atoms with Crippen LogP contribution in [0.5, 0.6) is 5.75 Å². The summed E-state index contributed by atoms with van der Waals surface area (Å²) in [5, 5.41) is 2.62. The summed E-state index contributed by atoms with van der Waals surface area (Å²) < 4.78 is 19.0. The lowest BCUT2D eigenvalue weighted by atomic mass is 10.1. The number of pyridine rings is 1. The fraction of sp³-hybridized carbons (Fsp3) is 0.360. The van der Waals surface area contributed by atoms with E-state index in [1.165, 1.54) is 0 Å². The van der Waals surface area contributed by atoms with Crippen LogP contribution in [0, 0.1) is 0 Å². The molecule has 33 heavy (non-hydrogen) atoms. The van der Waals surface area contributed by atoms with Crippen molar-refractivity contribution in [1.82, 2.24) is 14.5 Å². The Labute approximate surface area is 202 Å². The molecule has 1 saturated heterocycles. The molecule has 1 aliphatic heterocycles. The average Bonchev–Trinajstić information content (AvgIpc) is 3.19. The quantitative estimate of drug-likeness (QED) is 0.257. The van der Waals surface area contributed by atoms with Gasteiger partial charge in [0.05, 0.1) is 16.0 Å². The smallest absolute Gasteiger partial charge is 0.184 e. The molecule has 8 heteroatoms. The molecule has 6 nitrogen and oxygen atoms in total. The molecule has 1 fully saturated rings. The maximum absolute atomic E-state index is 6.43. The number of thiazole rings is 1. The van der Waals surface area contributed by atoms with Gasteiger partial charge in [-0.25, -0.2) is 9.97 Å². The number of epoxide rings is 1. The summed E-state index contributed by atoms with van der Waals surface area (Å²) in [5.74, 6) is 0.688. The topological polar surface area (TPSA) is 61.7 Å². The predicted molar refractivity (Wildman–Crippen MR) is 132 cm³/mol. The van der Waals surface area contributed by atoms with E-state index in [1.54, 1.807) is 11.3 Å². The van der Waals surface area contributed by atoms with Gasteiger partial charge in [0.2, 0.25) is 0 Å². The third kappa shape index (κ3) is 4.77. The second-order valence-electron chi connectivity index (χ2n) is 8.23. The molecular formula is C25H26ClN3O3S. The van der Waals surface area contributed by atoms with Crippen molar-refractivity contribution in [2.75, 3.05) is 6.61 Å². The minimum Gasteiger partial charge on any atom is -0.489 e. The monoisotopic (exact) mass is 483 g/mol. The number of aryl methyl sites for hydroxylation is 1. The number of halogens is 1. The molecule has 4 aromatic rings. The molecule has 0 N–H and O–H groups in total. The lowest BCUT2D eigenvalue weighted by Gasteiger charge is -2.11. The average molecular weight is 484 g/mol. The molecular weight excluding hydrogens is 458 g/mol. The Morgan fingerprint density at radius 3 is 2.88 bits per heavy atom. The molecule has 0 spiro atoms. The summed E-state index contributed by atoms with van der Waals surface area (Å²) in [5.41, 5.74) is 3.07. The van der Waals surface area contributed by atoms with Crippen molar-refractivity contribution in [2.24, 2.45) is 0 Å². The number of rotatable bonds is 9. The van der Waals surface area contributed by atoms with E-state index in [0.29, 0.717) is 17.4 Å². The summed E-state index contributed by atoms with van der Waals surface area (Å²) in [4.78, 5) is 10.4. The van der Waals surface area contributed by atoms with Crippen LogP contribution in [-0.2, 0) is 16.0 Å². The molecule has 0 aliphatic carbocycles. The molecule has 0 saturated carbocycles. The van der Waals surface area contributed by atoms with Gasteiger partial charge in [0, 0.05) is 48.3 Å². The number of fused-ring (bicyclic) bond motifs is 1. The van der Waals surface area contributed by atoms with Gasteiger partial charge < -0.3 is 18.8 Å². The van der Waals surface area contributed by atoms with Gasteiger partial charge in [0.25, 0.3) is 0 Å². The first-order valence-corrected chi connectivity index (χ1v) is 12.4. The van der Waals surface area contributed by atoms with Gasteiger partial charge in [0.15, 0.2) is 6.29 Å². The van der Waals surface area contributed by atoms with Gasteiger partial charge >= 0.3 is 0 Å². The Kier molecular flexibility index (Phi) is 6.38. The van der Waals surface area contributed by atoms with Crippen LogP contribution in [0.1, 0.15) is 27.2 Å². The van der Waals surface area contributed by atoms with Gasteiger partial charge in [0.1, 0.15) is 22.5 Å². The van der Waals surface area contributed by atoms with E-state index >= 15 is 0 Å². The normalized spacial score (nSPS) is 17.7. The summed E-state index contributed by atoms with van der Waals surface area (Å²) in [6, 6.07) is 9.99. The Morgan fingerprint density at radius 1 is 1.21 bits per heavy atom. The van der Waals surface area contributed by atoms with Crippen molar-refractivity contribution in [1.29, 1.82) is 0 Å². The highest BCUT2D eigenvalue weighted by Gasteiger charge is 2.39. The van der Waals surface area contributed by atoms with E-state index in [1.807, 2.05) is 57.4 Å². The van der Waals surface area contributed by atoms with Crippen LogP contribution in [0.15, 0.2) is 48.9 Å². The first-order valence-electron chi connectivity index (χ1n) is 11.2. The second-order valence-corrected chi connectivity index (χ2v) is 9.67. The Hall–Kier alpha value is -2.45. The Bertz CT molecular complexity index is 1270. The number of ether oxygens (including phenoxy) is 3. The van der Waals surface area contributed by atoms with E-state index in [9.17, 15) is 0 Å². The number of nitrogens with zero attached hydrogens (tertiary/aromatic N) is 3. The van der Waals surface area contributed by atoms with Gasteiger partial charge in [-0.3, -0.25) is 0 Å². The molecule has 0 amide bonds. The van der Waals surface area contributed by atoms with Crippen molar-refractivity contribution >= 4 is 34.0 Å². The van der Waals surface area contributed by atoms with Crippen LogP contribution >= 0.6 is 22.9 Å². The standard InChI is InChI=1S/C25H26ClN3O3S/c1-4-30-25-21(32-25)9-12-29-11-8-18-17(7-10-27-23(18)29)22-14-28-24(33-22)16-5-6-20(19(26)13-16)31-15(2)3/h5-8,10-11,13-15,21,25H,4,9,12H2,1-3H3. The van der Waals surface area contributed by atoms with E-state index in [-0.39, 0.29) is 18.5 Å². The van der Waals surface area contributed by atoms with E-state index in [2.05, 4.69) is 26.8 Å². The van der Waals surface area contributed by atoms with E-state index in [0.717, 1.165) is 45.0 Å². The summed E-state index contributed by atoms with van der Waals surface area (Å²) in [6.45, 7) is 7.47. The van der Waals surface area contributed by atoms with E-state index < -0.39 is 0 Å². The van der Waals surface area contributed by atoms with Gasteiger partial charge in [-0.1, -0.05) is 11.6 Å². The van der Waals surface area contributed by atoms with Gasteiger partial charge in [-0.2, -0.15) is 0 Å². The summed E-state index contributed by atoms with van der Waals surface area (Å²) in [7, 11) is 0. The van der Waals surface area contributed by atoms with Crippen LogP contribution in [-0.4, -0.2) is 39.6 Å². The molecule has 0 radical (unpaired) electrons. The summed E-state index contributed by atoms with van der Waals surface area (Å²) in [6.07, 6.45) is 6.98. The van der Waals surface area contributed by atoms with Crippen molar-refractivity contribution < 1.29 is 14.2 Å². The number of hydrogen-bond donors (Lipinski definition) is 0. The zero-order valence-corrected chi connectivity index (χ0v) is 20.4. The highest BCUT2D eigenvalue weighted by Crippen LogP contribution is 2.38. The van der Waals surface area contributed by atoms with Gasteiger partial charge in [-0.05, 0) is 57.5 Å². The van der Waals surface area contributed by atoms with Gasteiger partial charge in [-0.15, -0.1) is 11.3 Å². The van der Waals surface area contributed by atoms with Crippen molar-refractivity contribution in [3.05, 3.63) is 53.9 Å². The lowest BCUT2D eigenvalue weighted by Crippen LogP contribution is -2.05. The third-order valence-electron chi connectivity index (χ3n) is 5.50. The van der Waals surface area contributed by atoms with Crippen LogP contribution in [0.2, 0.25) is 5.02 Å². The molecule has 1 aromatic carbocycles. The molecule has 0 bridgehead atoms. The number of benzene rings is 1. The Morgan fingerprint density at radius 2 is 2.09 bits per heavy atom. The molecule has 172 valence electrons. The van der Waals surface area contributed by atoms with Crippen LogP contribution in [0.4, 0.5) is 0 Å². The van der Waals surface area contributed by atoms with Crippen molar-refractivity contribution in [2.45, 2.75) is 52.2 Å². The fourth-order valence-electron chi connectivity index (χ4n) is 3.91. The molecule has 3 aromatic heterocycles. The minimum atomic E-state index is -0.0459. The van der Waals surface area contributed by atoms with E-state index in [4.69, 9.17) is 25.8 Å². The molecule has 1 aliphatic rings. The number of hydrogen-bond acceptors (Lipinski definition) is 6. The van der Waals surface area contributed by atoms with Crippen molar-refractivity contribution in [3.63, 3.8) is 0 Å². The highest BCUT2D eigenvalue weighted by atomic mass is 35.5. The predicted octanol–water partition coefficient (Wildman–Crippen LogP) is 6.42. The largest absolute Gasteiger partial charge is 0.489 e. The lowest BCUT2D eigenvalue weighted by molar-refractivity contribution is 0.0593. The van der Waals surface area contributed by atoms with Crippen LogP contribution in [0.3, 0.4) is 0 Å². The third-order valence-corrected chi connectivity index (χ3v) is 6.87. The first kappa shape index (κ1) is 22.3. The maximum Gasteiger partial charge on any atom is 0.184 e. The second kappa shape index (κ2) is 9.43. The molecule has 5 rings (SSSR count). The van der Waals surface area contributed by atoms with Crippen LogP contribution in [0.25, 0.3) is 32.0 Å². The fourth-order valence-corrected chi connectivity index (χ4v) is 5.09. The van der Waals surface area contributed by atoms with Crippen molar-refractivity contribution in [3.8, 4) is 26.8 Å². The minimum absolute atomic E-state index is 0.0459. The molecule has 2 unspecified atom stereocenters. The zero-order chi connectivity index (χ0) is 22.9.